The summed E-state index contributed by atoms with van der Waals surface area (Å²) in [6.07, 6.45) is 2.48. The standard InChI is InChI=1S/C13H17FN2S/c1-2-16(11-4-5-11)8-9-7-10(14)3-6-12(9)13(15)17/h3,6-7,11H,2,4-5,8H2,1H3,(H2,15,17). The maximum atomic E-state index is 13.3. The summed E-state index contributed by atoms with van der Waals surface area (Å²) in [5.41, 5.74) is 7.35. The van der Waals surface area contributed by atoms with E-state index in [1.807, 2.05) is 0 Å². The average Bonchev–Trinajstić information content (AvgIpc) is 3.09. The lowest BCUT2D eigenvalue weighted by atomic mass is 10.1. The highest BCUT2D eigenvalue weighted by Gasteiger charge is 2.28. The molecule has 0 radical (unpaired) electrons. The van der Waals surface area contributed by atoms with Crippen LogP contribution in [-0.2, 0) is 6.54 Å². The van der Waals surface area contributed by atoms with Gasteiger partial charge in [0.15, 0.2) is 0 Å². The van der Waals surface area contributed by atoms with E-state index in [-0.39, 0.29) is 5.82 Å². The van der Waals surface area contributed by atoms with Crippen molar-refractivity contribution in [1.82, 2.24) is 4.90 Å². The van der Waals surface area contributed by atoms with Gasteiger partial charge >= 0.3 is 0 Å². The first-order valence-electron chi connectivity index (χ1n) is 5.94. The number of thiocarbonyl (C=S) groups is 1. The predicted octanol–water partition coefficient (Wildman–Crippen LogP) is 2.44. The van der Waals surface area contributed by atoms with Gasteiger partial charge in [-0.3, -0.25) is 4.90 Å². The molecule has 1 aliphatic rings. The first kappa shape index (κ1) is 12.5. The summed E-state index contributed by atoms with van der Waals surface area (Å²) in [4.78, 5) is 2.68. The van der Waals surface area contributed by atoms with Crippen LogP contribution in [0.25, 0.3) is 0 Å². The zero-order valence-corrected chi connectivity index (χ0v) is 10.8. The first-order chi connectivity index (χ1) is 8.11. The molecule has 0 saturated heterocycles. The minimum Gasteiger partial charge on any atom is -0.389 e. The Hall–Kier alpha value is -1.00. The Bertz CT molecular complexity index is 429. The average molecular weight is 252 g/mol. The second kappa shape index (κ2) is 5.10. The second-order valence-corrected chi connectivity index (χ2v) is 4.90. The zero-order chi connectivity index (χ0) is 12.4. The van der Waals surface area contributed by atoms with Crippen molar-refractivity contribution in [2.24, 2.45) is 5.73 Å². The molecular formula is C13H17FN2S. The highest BCUT2D eigenvalue weighted by molar-refractivity contribution is 7.80. The molecule has 0 aromatic heterocycles. The summed E-state index contributed by atoms with van der Waals surface area (Å²) in [6, 6.07) is 5.28. The molecule has 0 amide bonds. The molecule has 2 rings (SSSR count). The molecule has 1 saturated carbocycles. The maximum absolute atomic E-state index is 13.3. The molecule has 2 nitrogen and oxygen atoms in total. The minimum atomic E-state index is -0.230. The fraction of sp³-hybridized carbons (Fsp3) is 0.462. The van der Waals surface area contributed by atoms with Gasteiger partial charge in [-0.25, -0.2) is 4.39 Å². The van der Waals surface area contributed by atoms with Crippen molar-refractivity contribution in [3.63, 3.8) is 0 Å². The van der Waals surface area contributed by atoms with Crippen molar-refractivity contribution in [3.05, 3.63) is 35.1 Å². The van der Waals surface area contributed by atoms with Crippen molar-refractivity contribution >= 4 is 17.2 Å². The molecule has 0 atom stereocenters. The van der Waals surface area contributed by atoms with Crippen LogP contribution in [0, 0.1) is 5.82 Å². The fourth-order valence-corrected chi connectivity index (χ4v) is 2.29. The number of nitrogens with two attached hydrogens (primary N) is 1. The van der Waals surface area contributed by atoms with Crippen molar-refractivity contribution < 1.29 is 4.39 Å². The van der Waals surface area contributed by atoms with E-state index >= 15 is 0 Å². The van der Waals surface area contributed by atoms with Crippen molar-refractivity contribution in [1.29, 1.82) is 0 Å². The fourth-order valence-electron chi connectivity index (χ4n) is 2.09. The molecule has 1 aliphatic carbocycles. The van der Waals surface area contributed by atoms with Gasteiger partial charge in [0, 0.05) is 18.2 Å². The van der Waals surface area contributed by atoms with Crippen molar-refractivity contribution in [3.8, 4) is 0 Å². The van der Waals surface area contributed by atoms with E-state index in [1.54, 1.807) is 12.1 Å². The van der Waals surface area contributed by atoms with Gasteiger partial charge < -0.3 is 5.73 Å². The van der Waals surface area contributed by atoms with Gasteiger partial charge in [0.2, 0.25) is 0 Å². The molecule has 4 heteroatoms. The minimum absolute atomic E-state index is 0.230. The third-order valence-electron chi connectivity index (χ3n) is 3.18. The van der Waals surface area contributed by atoms with E-state index in [0.29, 0.717) is 11.0 Å². The van der Waals surface area contributed by atoms with Crippen LogP contribution in [0.3, 0.4) is 0 Å². The molecule has 0 heterocycles. The van der Waals surface area contributed by atoms with Gasteiger partial charge in [-0.1, -0.05) is 19.1 Å². The lowest BCUT2D eigenvalue weighted by Crippen LogP contribution is -2.26. The molecule has 17 heavy (non-hydrogen) atoms. The Morgan fingerprint density at radius 2 is 2.24 bits per heavy atom. The molecule has 0 bridgehead atoms. The van der Waals surface area contributed by atoms with Crippen LogP contribution in [0.4, 0.5) is 4.39 Å². The highest BCUT2D eigenvalue weighted by Crippen LogP contribution is 2.28. The Morgan fingerprint density at radius 1 is 1.53 bits per heavy atom. The number of hydrogen-bond acceptors (Lipinski definition) is 2. The Balaban J connectivity index is 2.22. The lowest BCUT2D eigenvalue weighted by molar-refractivity contribution is 0.269. The number of hydrogen-bond donors (Lipinski definition) is 1. The number of benzene rings is 1. The first-order valence-corrected chi connectivity index (χ1v) is 6.35. The van der Waals surface area contributed by atoms with Crippen molar-refractivity contribution in [2.75, 3.05) is 6.54 Å². The van der Waals surface area contributed by atoms with Crippen molar-refractivity contribution in [2.45, 2.75) is 32.4 Å². The zero-order valence-electron chi connectivity index (χ0n) is 9.95. The smallest absolute Gasteiger partial charge is 0.123 e. The van der Waals surface area contributed by atoms with E-state index in [4.69, 9.17) is 18.0 Å². The summed E-state index contributed by atoms with van der Waals surface area (Å²) in [5, 5.41) is 0. The van der Waals surface area contributed by atoms with E-state index in [0.717, 1.165) is 24.2 Å². The summed E-state index contributed by atoms with van der Waals surface area (Å²) in [5.74, 6) is -0.230. The molecule has 1 fully saturated rings. The predicted molar refractivity (Wildman–Crippen MR) is 71.4 cm³/mol. The molecule has 1 aromatic carbocycles. The monoisotopic (exact) mass is 252 g/mol. The molecule has 92 valence electrons. The summed E-state index contributed by atoms with van der Waals surface area (Å²) in [7, 11) is 0. The third-order valence-corrected chi connectivity index (χ3v) is 3.40. The SMILES string of the molecule is CCN(Cc1cc(F)ccc1C(N)=S)C1CC1. The van der Waals surface area contributed by atoms with Crippen LogP contribution in [0.15, 0.2) is 18.2 Å². The molecule has 0 unspecified atom stereocenters. The Kier molecular flexibility index (Phi) is 3.74. The van der Waals surface area contributed by atoms with Gasteiger partial charge in [-0.15, -0.1) is 0 Å². The van der Waals surface area contributed by atoms with Gasteiger partial charge in [0.25, 0.3) is 0 Å². The van der Waals surface area contributed by atoms with Crippen LogP contribution in [-0.4, -0.2) is 22.5 Å². The highest BCUT2D eigenvalue weighted by atomic mass is 32.1. The molecular weight excluding hydrogens is 235 g/mol. The quantitative estimate of drug-likeness (QED) is 0.816. The van der Waals surface area contributed by atoms with Gasteiger partial charge in [-0.2, -0.15) is 0 Å². The molecule has 0 aliphatic heterocycles. The summed E-state index contributed by atoms with van der Waals surface area (Å²) < 4.78 is 13.3. The van der Waals surface area contributed by atoms with E-state index < -0.39 is 0 Å². The van der Waals surface area contributed by atoms with Crippen LogP contribution < -0.4 is 5.73 Å². The molecule has 2 N–H and O–H groups in total. The van der Waals surface area contributed by atoms with E-state index in [1.165, 1.54) is 18.9 Å². The largest absolute Gasteiger partial charge is 0.389 e. The number of rotatable bonds is 5. The van der Waals surface area contributed by atoms with Crippen LogP contribution in [0.1, 0.15) is 30.9 Å². The number of halogens is 1. The van der Waals surface area contributed by atoms with Crippen LogP contribution in [0.5, 0.6) is 0 Å². The van der Waals surface area contributed by atoms with E-state index in [2.05, 4.69) is 11.8 Å². The molecule has 1 aromatic rings. The Labute approximate surface area is 107 Å². The number of nitrogens with zero attached hydrogens (tertiary/aromatic N) is 1. The van der Waals surface area contributed by atoms with Gasteiger partial charge in [0.05, 0.1) is 0 Å². The summed E-state index contributed by atoms with van der Waals surface area (Å²) in [6.45, 7) is 3.82. The summed E-state index contributed by atoms with van der Waals surface area (Å²) >= 11 is 5.00. The topological polar surface area (TPSA) is 29.3 Å². The van der Waals surface area contributed by atoms with Crippen LogP contribution in [0.2, 0.25) is 0 Å². The van der Waals surface area contributed by atoms with Gasteiger partial charge in [-0.05, 0) is 43.1 Å². The Morgan fingerprint density at radius 3 is 2.76 bits per heavy atom. The normalized spacial score (nSPS) is 15.2. The van der Waals surface area contributed by atoms with Crippen LogP contribution >= 0.6 is 12.2 Å². The molecule has 0 spiro atoms. The maximum Gasteiger partial charge on any atom is 0.123 e. The van der Waals surface area contributed by atoms with Gasteiger partial charge in [0.1, 0.15) is 10.8 Å². The van der Waals surface area contributed by atoms with E-state index in [9.17, 15) is 4.39 Å². The second-order valence-electron chi connectivity index (χ2n) is 4.46. The lowest BCUT2D eigenvalue weighted by Gasteiger charge is -2.21. The third kappa shape index (κ3) is 3.01.